The molecule has 0 amide bonds. The standard InChI is InChI=1S/C16H17Cl2N/c1-3-19-16(12-5-4-6-14(17)9-12)13-8-7-11(2)15(18)10-13/h4-10,16,19H,3H2,1-2H3. The second kappa shape index (κ2) is 6.42. The molecule has 1 atom stereocenters. The third kappa shape index (κ3) is 3.50. The molecule has 1 unspecified atom stereocenters. The summed E-state index contributed by atoms with van der Waals surface area (Å²) >= 11 is 12.3. The smallest absolute Gasteiger partial charge is 0.0577 e. The van der Waals surface area contributed by atoms with Crippen LogP contribution in [0, 0.1) is 6.92 Å². The van der Waals surface area contributed by atoms with Gasteiger partial charge in [-0.15, -0.1) is 0 Å². The maximum absolute atomic E-state index is 6.22. The predicted molar refractivity (Wildman–Crippen MR) is 83.2 cm³/mol. The third-order valence-corrected chi connectivity index (χ3v) is 3.76. The Morgan fingerprint density at radius 3 is 2.42 bits per heavy atom. The van der Waals surface area contributed by atoms with Gasteiger partial charge in [0.25, 0.3) is 0 Å². The lowest BCUT2D eigenvalue weighted by molar-refractivity contribution is 0.630. The monoisotopic (exact) mass is 293 g/mol. The predicted octanol–water partition coefficient (Wildman–Crippen LogP) is 5.00. The zero-order valence-electron chi connectivity index (χ0n) is 11.1. The van der Waals surface area contributed by atoms with E-state index in [9.17, 15) is 0 Å². The second-order valence-corrected chi connectivity index (χ2v) is 5.40. The highest BCUT2D eigenvalue weighted by Crippen LogP contribution is 2.27. The van der Waals surface area contributed by atoms with Crippen molar-refractivity contribution in [2.45, 2.75) is 19.9 Å². The zero-order valence-corrected chi connectivity index (χ0v) is 12.6. The van der Waals surface area contributed by atoms with E-state index < -0.39 is 0 Å². The Labute approximate surface area is 124 Å². The number of nitrogens with one attached hydrogen (secondary N) is 1. The van der Waals surface area contributed by atoms with Gasteiger partial charge in [-0.2, -0.15) is 0 Å². The molecule has 0 heterocycles. The van der Waals surface area contributed by atoms with E-state index in [0.717, 1.165) is 33.3 Å². The fourth-order valence-corrected chi connectivity index (χ4v) is 2.49. The molecule has 0 fully saturated rings. The summed E-state index contributed by atoms with van der Waals surface area (Å²) in [5.41, 5.74) is 3.39. The molecule has 1 N–H and O–H groups in total. The van der Waals surface area contributed by atoms with Gasteiger partial charge in [0, 0.05) is 10.0 Å². The summed E-state index contributed by atoms with van der Waals surface area (Å²) in [7, 11) is 0. The first-order valence-corrected chi connectivity index (χ1v) is 7.12. The third-order valence-electron chi connectivity index (χ3n) is 3.12. The molecule has 0 bridgehead atoms. The lowest BCUT2D eigenvalue weighted by Gasteiger charge is -2.20. The van der Waals surface area contributed by atoms with Crippen molar-refractivity contribution >= 4 is 23.2 Å². The van der Waals surface area contributed by atoms with Crippen molar-refractivity contribution in [1.29, 1.82) is 0 Å². The minimum atomic E-state index is 0.113. The Morgan fingerprint density at radius 1 is 1.05 bits per heavy atom. The number of benzene rings is 2. The Balaban J connectivity index is 2.42. The summed E-state index contributed by atoms with van der Waals surface area (Å²) in [4.78, 5) is 0. The summed E-state index contributed by atoms with van der Waals surface area (Å²) < 4.78 is 0. The van der Waals surface area contributed by atoms with E-state index in [2.05, 4.69) is 24.4 Å². The van der Waals surface area contributed by atoms with Crippen molar-refractivity contribution in [3.05, 3.63) is 69.2 Å². The molecule has 2 aromatic rings. The van der Waals surface area contributed by atoms with E-state index in [1.54, 1.807) is 0 Å². The van der Waals surface area contributed by atoms with Crippen molar-refractivity contribution in [1.82, 2.24) is 5.32 Å². The normalized spacial score (nSPS) is 12.4. The Morgan fingerprint density at radius 2 is 1.79 bits per heavy atom. The highest BCUT2D eigenvalue weighted by Gasteiger charge is 2.14. The van der Waals surface area contributed by atoms with E-state index in [4.69, 9.17) is 23.2 Å². The number of hydrogen-bond acceptors (Lipinski definition) is 1. The van der Waals surface area contributed by atoms with Gasteiger partial charge in [-0.25, -0.2) is 0 Å². The van der Waals surface area contributed by atoms with Crippen LogP contribution in [0.4, 0.5) is 0 Å². The van der Waals surface area contributed by atoms with Crippen LogP contribution in [0.3, 0.4) is 0 Å². The van der Waals surface area contributed by atoms with Gasteiger partial charge in [0.15, 0.2) is 0 Å². The summed E-state index contributed by atoms with van der Waals surface area (Å²) in [6, 6.07) is 14.2. The topological polar surface area (TPSA) is 12.0 Å². The molecule has 2 rings (SSSR count). The van der Waals surface area contributed by atoms with Crippen LogP contribution in [0.5, 0.6) is 0 Å². The van der Waals surface area contributed by atoms with E-state index in [1.807, 2.05) is 37.3 Å². The van der Waals surface area contributed by atoms with Crippen LogP contribution in [0.15, 0.2) is 42.5 Å². The van der Waals surface area contributed by atoms with E-state index in [0.29, 0.717) is 0 Å². The average molecular weight is 294 g/mol. The molecule has 0 aliphatic carbocycles. The van der Waals surface area contributed by atoms with Crippen LogP contribution < -0.4 is 5.32 Å². The molecule has 19 heavy (non-hydrogen) atoms. The first-order valence-electron chi connectivity index (χ1n) is 6.36. The molecule has 0 aromatic heterocycles. The summed E-state index contributed by atoms with van der Waals surface area (Å²) in [6.07, 6.45) is 0. The number of halogens is 2. The summed E-state index contributed by atoms with van der Waals surface area (Å²) in [6.45, 7) is 4.98. The van der Waals surface area contributed by atoms with Gasteiger partial charge >= 0.3 is 0 Å². The van der Waals surface area contributed by atoms with Gasteiger partial charge in [-0.05, 0) is 48.4 Å². The van der Waals surface area contributed by atoms with Crippen LogP contribution in [0.25, 0.3) is 0 Å². The molecular formula is C16H17Cl2N. The fraction of sp³-hybridized carbons (Fsp3) is 0.250. The van der Waals surface area contributed by atoms with Gasteiger partial charge in [0.05, 0.1) is 6.04 Å². The van der Waals surface area contributed by atoms with Crippen molar-refractivity contribution in [2.75, 3.05) is 6.54 Å². The number of hydrogen-bond donors (Lipinski definition) is 1. The summed E-state index contributed by atoms with van der Waals surface area (Å²) in [5.74, 6) is 0. The lowest BCUT2D eigenvalue weighted by atomic mass is 9.98. The molecular weight excluding hydrogens is 277 g/mol. The molecule has 0 aliphatic rings. The minimum absolute atomic E-state index is 0.113. The molecule has 1 nitrogen and oxygen atoms in total. The quantitative estimate of drug-likeness (QED) is 0.836. The van der Waals surface area contributed by atoms with Gasteiger partial charge in [-0.1, -0.05) is 54.4 Å². The molecule has 100 valence electrons. The van der Waals surface area contributed by atoms with Crippen LogP contribution >= 0.6 is 23.2 Å². The summed E-state index contributed by atoms with van der Waals surface area (Å²) in [5, 5.41) is 5.01. The fourth-order valence-electron chi connectivity index (χ4n) is 2.11. The van der Waals surface area contributed by atoms with Gasteiger partial charge in [0.1, 0.15) is 0 Å². The largest absolute Gasteiger partial charge is 0.307 e. The number of rotatable bonds is 4. The van der Waals surface area contributed by atoms with Crippen LogP contribution in [0.2, 0.25) is 10.0 Å². The molecule has 0 aliphatic heterocycles. The molecule has 0 radical (unpaired) electrons. The minimum Gasteiger partial charge on any atom is -0.307 e. The maximum atomic E-state index is 6.22. The van der Waals surface area contributed by atoms with Gasteiger partial charge < -0.3 is 5.32 Å². The Bertz CT molecular complexity index is 566. The van der Waals surface area contributed by atoms with E-state index >= 15 is 0 Å². The first kappa shape index (κ1) is 14.4. The van der Waals surface area contributed by atoms with E-state index in [-0.39, 0.29) is 6.04 Å². The maximum Gasteiger partial charge on any atom is 0.0577 e. The molecule has 0 spiro atoms. The number of aryl methyl sites for hydroxylation is 1. The lowest BCUT2D eigenvalue weighted by Crippen LogP contribution is -2.22. The van der Waals surface area contributed by atoms with Crippen LogP contribution in [-0.4, -0.2) is 6.54 Å². The second-order valence-electron chi connectivity index (χ2n) is 4.55. The van der Waals surface area contributed by atoms with E-state index in [1.165, 1.54) is 0 Å². The molecule has 0 saturated carbocycles. The van der Waals surface area contributed by atoms with Crippen molar-refractivity contribution in [3.63, 3.8) is 0 Å². The average Bonchev–Trinajstić information content (AvgIpc) is 2.39. The van der Waals surface area contributed by atoms with Crippen LogP contribution in [-0.2, 0) is 0 Å². The van der Waals surface area contributed by atoms with Crippen molar-refractivity contribution in [3.8, 4) is 0 Å². The van der Waals surface area contributed by atoms with Gasteiger partial charge in [0.2, 0.25) is 0 Å². The molecule has 2 aromatic carbocycles. The zero-order chi connectivity index (χ0) is 13.8. The first-order chi connectivity index (χ1) is 9.11. The van der Waals surface area contributed by atoms with Crippen molar-refractivity contribution in [2.24, 2.45) is 0 Å². The molecule has 0 saturated heterocycles. The van der Waals surface area contributed by atoms with Crippen LogP contribution in [0.1, 0.15) is 29.7 Å². The van der Waals surface area contributed by atoms with Crippen molar-refractivity contribution < 1.29 is 0 Å². The Kier molecular flexibility index (Phi) is 4.87. The highest BCUT2D eigenvalue weighted by atomic mass is 35.5. The SMILES string of the molecule is CCNC(c1cccc(Cl)c1)c1ccc(C)c(Cl)c1. The van der Waals surface area contributed by atoms with Gasteiger partial charge in [-0.3, -0.25) is 0 Å². The molecule has 3 heteroatoms. The highest BCUT2D eigenvalue weighted by molar-refractivity contribution is 6.31. The Hall–Kier alpha value is -1.02.